The summed E-state index contributed by atoms with van der Waals surface area (Å²) in [5, 5.41) is 6.82. The summed E-state index contributed by atoms with van der Waals surface area (Å²) in [6.07, 6.45) is 8.78. The van der Waals surface area contributed by atoms with E-state index in [9.17, 15) is 4.79 Å². The van der Waals surface area contributed by atoms with Gasteiger partial charge < -0.3 is 15.4 Å². The van der Waals surface area contributed by atoms with E-state index in [0.29, 0.717) is 30.0 Å². The topological polar surface area (TPSA) is 50.4 Å². The summed E-state index contributed by atoms with van der Waals surface area (Å²) in [7, 11) is 0. The molecule has 5 heteroatoms. The Morgan fingerprint density at radius 2 is 2.00 bits per heavy atom. The largest absolute Gasteiger partial charge is 0.377 e. The first-order valence-corrected chi connectivity index (χ1v) is 9.20. The summed E-state index contributed by atoms with van der Waals surface area (Å²) in [5.74, 6) is 1.75. The van der Waals surface area contributed by atoms with Crippen molar-refractivity contribution in [2.24, 2.45) is 0 Å². The smallest absolute Gasteiger partial charge is 0.230 e. The predicted octanol–water partition coefficient (Wildman–Crippen LogP) is 1.69. The minimum Gasteiger partial charge on any atom is -0.377 e. The van der Waals surface area contributed by atoms with Crippen LogP contribution in [0.2, 0.25) is 0 Å². The third-order valence-electron chi connectivity index (χ3n) is 4.65. The number of rotatable bonds is 5. The van der Waals surface area contributed by atoms with Crippen LogP contribution in [-0.4, -0.2) is 48.2 Å². The molecule has 4 nitrogen and oxygen atoms in total. The fourth-order valence-corrected chi connectivity index (χ4v) is 4.58. The monoisotopic (exact) mass is 298 g/mol. The number of carbonyl (C=O) groups excluding carboxylic acids is 1. The van der Waals surface area contributed by atoms with Crippen LogP contribution in [0, 0.1) is 0 Å². The molecule has 0 aromatic heterocycles. The van der Waals surface area contributed by atoms with E-state index in [4.69, 9.17) is 4.74 Å². The minimum atomic E-state index is 0.206. The molecule has 2 N–H and O–H groups in total. The molecule has 114 valence electrons. The lowest BCUT2D eigenvalue weighted by atomic mass is 10.00. The Bertz CT molecular complexity index is 322. The second-order valence-electron chi connectivity index (χ2n) is 6.38. The summed E-state index contributed by atoms with van der Waals surface area (Å²) in [5.41, 5.74) is 0. The van der Waals surface area contributed by atoms with E-state index >= 15 is 0 Å². The zero-order valence-corrected chi connectivity index (χ0v) is 12.9. The average Bonchev–Trinajstić information content (AvgIpc) is 2.79. The lowest BCUT2D eigenvalue weighted by Gasteiger charge is -2.29. The van der Waals surface area contributed by atoms with Gasteiger partial charge in [0.2, 0.25) is 5.91 Å². The molecule has 1 amide bonds. The molecule has 3 saturated heterocycles. The van der Waals surface area contributed by atoms with Crippen molar-refractivity contribution in [3.05, 3.63) is 0 Å². The van der Waals surface area contributed by atoms with Crippen molar-refractivity contribution in [2.45, 2.75) is 69.2 Å². The molecule has 3 fully saturated rings. The molecule has 0 aromatic carbocycles. The summed E-state index contributed by atoms with van der Waals surface area (Å²) < 4.78 is 5.69. The van der Waals surface area contributed by atoms with Gasteiger partial charge in [0, 0.05) is 30.5 Å². The first-order valence-electron chi connectivity index (χ1n) is 8.04. The van der Waals surface area contributed by atoms with E-state index in [1.807, 2.05) is 0 Å². The van der Waals surface area contributed by atoms with Gasteiger partial charge in [-0.3, -0.25) is 4.79 Å². The molecule has 0 spiro atoms. The highest BCUT2D eigenvalue weighted by atomic mass is 32.2. The van der Waals surface area contributed by atoms with Crippen LogP contribution in [0.4, 0.5) is 0 Å². The minimum absolute atomic E-state index is 0.206. The van der Waals surface area contributed by atoms with Crippen molar-refractivity contribution in [2.75, 3.05) is 18.1 Å². The summed E-state index contributed by atoms with van der Waals surface area (Å²) in [4.78, 5) is 12.0. The van der Waals surface area contributed by atoms with Crippen LogP contribution in [0.3, 0.4) is 0 Å². The number of carbonyl (C=O) groups is 1. The molecule has 3 aliphatic heterocycles. The third-order valence-corrected chi connectivity index (χ3v) is 5.72. The molecule has 3 heterocycles. The molecule has 2 bridgehead atoms. The van der Waals surface area contributed by atoms with Crippen molar-refractivity contribution in [3.63, 3.8) is 0 Å². The quantitative estimate of drug-likeness (QED) is 0.811. The van der Waals surface area contributed by atoms with Crippen molar-refractivity contribution in [1.82, 2.24) is 10.6 Å². The van der Waals surface area contributed by atoms with Gasteiger partial charge in [-0.05, 0) is 44.9 Å². The van der Waals surface area contributed by atoms with Crippen molar-refractivity contribution in [3.8, 4) is 0 Å². The Labute approximate surface area is 125 Å². The van der Waals surface area contributed by atoms with Gasteiger partial charge in [0.1, 0.15) is 0 Å². The highest BCUT2D eigenvalue weighted by molar-refractivity contribution is 7.99. The maximum Gasteiger partial charge on any atom is 0.230 e. The van der Waals surface area contributed by atoms with Gasteiger partial charge in [0.15, 0.2) is 0 Å². The van der Waals surface area contributed by atoms with Gasteiger partial charge in [-0.2, -0.15) is 0 Å². The Balaban J connectivity index is 1.31. The molecule has 3 atom stereocenters. The normalized spacial score (nSPS) is 36.8. The second-order valence-corrected chi connectivity index (χ2v) is 7.41. The van der Waals surface area contributed by atoms with Gasteiger partial charge in [0.25, 0.3) is 0 Å². The van der Waals surface area contributed by atoms with Crippen molar-refractivity contribution in [1.29, 1.82) is 0 Å². The molecule has 20 heavy (non-hydrogen) atoms. The first-order chi connectivity index (χ1) is 9.79. The number of piperidine rings is 1. The molecular formula is C15H26N2O2S. The summed E-state index contributed by atoms with van der Waals surface area (Å²) >= 11 is 1.72. The van der Waals surface area contributed by atoms with Gasteiger partial charge in [-0.1, -0.05) is 0 Å². The van der Waals surface area contributed by atoms with E-state index in [1.165, 1.54) is 25.7 Å². The van der Waals surface area contributed by atoms with Gasteiger partial charge in [0.05, 0.1) is 11.9 Å². The van der Waals surface area contributed by atoms with Crippen LogP contribution < -0.4 is 10.6 Å². The molecule has 0 radical (unpaired) electrons. The van der Waals surface area contributed by atoms with Crippen molar-refractivity contribution < 1.29 is 9.53 Å². The van der Waals surface area contributed by atoms with E-state index in [2.05, 4.69) is 10.6 Å². The fourth-order valence-electron chi connectivity index (χ4n) is 3.67. The Hall–Kier alpha value is -0.260. The SMILES string of the molecule is O=C(CSCC1CCCCO1)NC1CC2CCC(C1)N2. The number of thioether (sulfide) groups is 1. The molecule has 3 rings (SSSR count). The van der Waals surface area contributed by atoms with E-state index in [-0.39, 0.29) is 5.91 Å². The van der Waals surface area contributed by atoms with Crippen LogP contribution in [0.25, 0.3) is 0 Å². The second kappa shape index (κ2) is 7.14. The number of hydrogen-bond acceptors (Lipinski definition) is 4. The molecule has 3 unspecified atom stereocenters. The Morgan fingerprint density at radius 1 is 1.20 bits per heavy atom. The number of ether oxygens (including phenoxy) is 1. The van der Waals surface area contributed by atoms with Crippen LogP contribution in [0.1, 0.15) is 44.9 Å². The average molecular weight is 298 g/mol. The maximum absolute atomic E-state index is 12.0. The van der Waals surface area contributed by atoms with Crippen LogP contribution >= 0.6 is 11.8 Å². The lowest BCUT2D eigenvalue weighted by molar-refractivity contribution is -0.119. The predicted molar refractivity (Wildman–Crippen MR) is 82.0 cm³/mol. The van der Waals surface area contributed by atoms with E-state index in [1.54, 1.807) is 11.8 Å². The molecule has 0 aromatic rings. The standard InChI is InChI=1S/C15H26N2O2S/c18-15(10-20-9-14-3-1-2-6-19-14)17-13-7-11-4-5-12(8-13)16-11/h11-14,16H,1-10H2,(H,17,18). The fraction of sp³-hybridized carbons (Fsp3) is 0.933. The van der Waals surface area contributed by atoms with Crippen LogP contribution in [-0.2, 0) is 9.53 Å². The van der Waals surface area contributed by atoms with E-state index < -0.39 is 0 Å². The van der Waals surface area contributed by atoms with Crippen LogP contribution in [0.5, 0.6) is 0 Å². The molecule has 0 saturated carbocycles. The van der Waals surface area contributed by atoms with Gasteiger partial charge in [-0.15, -0.1) is 11.8 Å². The molecular weight excluding hydrogens is 272 g/mol. The first kappa shape index (κ1) is 14.7. The lowest BCUT2D eigenvalue weighted by Crippen LogP contribution is -2.48. The summed E-state index contributed by atoms with van der Waals surface area (Å²) in [6, 6.07) is 1.68. The molecule has 3 aliphatic rings. The summed E-state index contributed by atoms with van der Waals surface area (Å²) in [6.45, 7) is 0.898. The third kappa shape index (κ3) is 4.12. The van der Waals surface area contributed by atoms with Gasteiger partial charge >= 0.3 is 0 Å². The number of fused-ring (bicyclic) bond motifs is 2. The Kier molecular flexibility index (Phi) is 5.24. The zero-order valence-electron chi connectivity index (χ0n) is 12.1. The highest BCUT2D eigenvalue weighted by Crippen LogP contribution is 2.26. The zero-order chi connectivity index (χ0) is 13.8. The molecule has 0 aliphatic carbocycles. The number of nitrogens with one attached hydrogen (secondary N) is 2. The highest BCUT2D eigenvalue weighted by Gasteiger charge is 2.33. The van der Waals surface area contributed by atoms with Crippen molar-refractivity contribution >= 4 is 17.7 Å². The number of amides is 1. The van der Waals surface area contributed by atoms with Crippen LogP contribution in [0.15, 0.2) is 0 Å². The number of hydrogen-bond donors (Lipinski definition) is 2. The van der Waals surface area contributed by atoms with E-state index in [0.717, 1.165) is 31.6 Å². The Morgan fingerprint density at radius 3 is 2.70 bits per heavy atom. The van der Waals surface area contributed by atoms with Gasteiger partial charge in [-0.25, -0.2) is 0 Å². The maximum atomic E-state index is 12.0.